The van der Waals surface area contributed by atoms with Crippen LogP contribution in [0.15, 0.2) is 29.2 Å². The fourth-order valence-corrected chi connectivity index (χ4v) is 3.20. The van der Waals surface area contributed by atoms with Crippen LogP contribution < -0.4 is 5.32 Å². The molecular weight excluding hydrogens is 326 g/mol. The van der Waals surface area contributed by atoms with Crippen molar-refractivity contribution in [2.45, 2.75) is 18.2 Å². The third kappa shape index (κ3) is 6.48. The summed E-state index contributed by atoms with van der Waals surface area (Å²) in [4.78, 5) is 22.3. The Hall–Kier alpha value is -1.54. The van der Waals surface area contributed by atoms with E-state index < -0.39 is 15.8 Å². The zero-order chi connectivity index (χ0) is 16.6. The SMILES string of the molecule is CCS(=O)(=O)c1cccc(CC(=O)NCCSCC(=O)O)c1. The third-order valence-electron chi connectivity index (χ3n) is 2.80. The van der Waals surface area contributed by atoms with Crippen molar-refractivity contribution < 1.29 is 23.1 Å². The predicted molar refractivity (Wildman–Crippen MR) is 85.8 cm³/mol. The first-order valence-corrected chi connectivity index (χ1v) is 9.53. The fraction of sp³-hybridized carbons (Fsp3) is 0.429. The van der Waals surface area contributed by atoms with E-state index in [-0.39, 0.29) is 28.7 Å². The van der Waals surface area contributed by atoms with Crippen molar-refractivity contribution in [3.63, 3.8) is 0 Å². The quantitative estimate of drug-likeness (QED) is 0.647. The molecule has 0 unspecified atom stereocenters. The van der Waals surface area contributed by atoms with Crippen LogP contribution in [0.1, 0.15) is 12.5 Å². The number of carbonyl (C=O) groups is 2. The first-order chi connectivity index (χ1) is 10.3. The van der Waals surface area contributed by atoms with E-state index in [1.807, 2.05) is 0 Å². The summed E-state index contributed by atoms with van der Waals surface area (Å²) in [6, 6.07) is 6.35. The monoisotopic (exact) mass is 345 g/mol. The Labute approximate surface area is 134 Å². The Bertz CT molecular complexity index is 628. The lowest BCUT2D eigenvalue weighted by molar-refractivity contribution is -0.133. The van der Waals surface area contributed by atoms with E-state index >= 15 is 0 Å². The maximum Gasteiger partial charge on any atom is 0.313 e. The summed E-state index contributed by atoms with van der Waals surface area (Å²) in [7, 11) is -3.28. The van der Waals surface area contributed by atoms with Gasteiger partial charge in [-0.15, -0.1) is 11.8 Å². The largest absolute Gasteiger partial charge is 0.481 e. The average Bonchev–Trinajstić information content (AvgIpc) is 2.46. The normalized spacial score (nSPS) is 11.1. The van der Waals surface area contributed by atoms with Crippen LogP contribution in [0, 0.1) is 0 Å². The van der Waals surface area contributed by atoms with E-state index in [1.54, 1.807) is 19.1 Å². The van der Waals surface area contributed by atoms with Crippen molar-refractivity contribution in [3.8, 4) is 0 Å². The summed E-state index contributed by atoms with van der Waals surface area (Å²) in [5.41, 5.74) is 0.630. The highest BCUT2D eigenvalue weighted by Crippen LogP contribution is 2.13. The molecule has 1 aromatic rings. The highest BCUT2D eigenvalue weighted by atomic mass is 32.2. The lowest BCUT2D eigenvalue weighted by Gasteiger charge is -2.07. The number of rotatable bonds is 9. The van der Waals surface area contributed by atoms with E-state index in [1.165, 1.54) is 23.9 Å². The van der Waals surface area contributed by atoms with Crippen LogP contribution in [0.4, 0.5) is 0 Å². The molecule has 0 saturated heterocycles. The second-order valence-corrected chi connectivity index (χ2v) is 7.91. The number of aliphatic carboxylic acids is 1. The van der Waals surface area contributed by atoms with Crippen molar-refractivity contribution in [1.82, 2.24) is 5.32 Å². The Kier molecular flexibility index (Phi) is 7.40. The van der Waals surface area contributed by atoms with Crippen molar-refractivity contribution >= 4 is 33.5 Å². The van der Waals surface area contributed by atoms with Gasteiger partial charge < -0.3 is 10.4 Å². The van der Waals surface area contributed by atoms with Crippen LogP contribution in [0.3, 0.4) is 0 Å². The molecule has 0 bridgehead atoms. The van der Waals surface area contributed by atoms with Crippen LogP contribution in [0.25, 0.3) is 0 Å². The molecule has 0 aliphatic rings. The number of carboxylic acids is 1. The van der Waals surface area contributed by atoms with Gasteiger partial charge in [-0.05, 0) is 17.7 Å². The standard InChI is InChI=1S/C14H19NO5S2/c1-2-22(19,20)12-5-3-4-11(8-12)9-13(16)15-6-7-21-10-14(17)18/h3-5,8H,2,6-7,9-10H2,1H3,(H,15,16)(H,17,18). The first-order valence-electron chi connectivity index (χ1n) is 6.73. The van der Waals surface area contributed by atoms with Crippen molar-refractivity contribution in [1.29, 1.82) is 0 Å². The van der Waals surface area contributed by atoms with E-state index in [4.69, 9.17) is 5.11 Å². The minimum Gasteiger partial charge on any atom is -0.481 e. The molecule has 0 heterocycles. The van der Waals surface area contributed by atoms with Gasteiger partial charge in [0.1, 0.15) is 0 Å². The van der Waals surface area contributed by atoms with Gasteiger partial charge in [-0.1, -0.05) is 19.1 Å². The molecule has 0 aliphatic carbocycles. The molecule has 0 spiro atoms. The van der Waals surface area contributed by atoms with Crippen LogP contribution in [0.2, 0.25) is 0 Å². The lowest BCUT2D eigenvalue weighted by Crippen LogP contribution is -2.27. The number of nitrogens with one attached hydrogen (secondary N) is 1. The molecule has 0 aliphatic heterocycles. The highest BCUT2D eigenvalue weighted by Gasteiger charge is 2.12. The van der Waals surface area contributed by atoms with Crippen LogP contribution in [-0.2, 0) is 25.8 Å². The van der Waals surface area contributed by atoms with Gasteiger partial charge in [0.05, 0.1) is 22.8 Å². The molecule has 0 fully saturated rings. The summed E-state index contributed by atoms with van der Waals surface area (Å²) in [6.07, 6.45) is 0.0939. The Morgan fingerprint density at radius 2 is 2.05 bits per heavy atom. The number of hydrogen-bond acceptors (Lipinski definition) is 5. The summed E-state index contributed by atoms with van der Waals surface area (Å²) in [6.45, 7) is 1.95. The molecule has 0 aromatic heterocycles. The van der Waals surface area contributed by atoms with E-state index in [9.17, 15) is 18.0 Å². The average molecular weight is 345 g/mol. The predicted octanol–water partition coefficient (Wildman–Crippen LogP) is 0.957. The van der Waals surface area contributed by atoms with Gasteiger partial charge >= 0.3 is 5.97 Å². The molecule has 1 rings (SSSR count). The number of sulfone groups is 1. The van der Waals surface area contributed by atoms with Crippen molar-refractivity contribution in [2.24, 2.45) is 0 Å². The van der Waals surface area contributed by atoms with Crippen LogP contribution >= 0.6 is 11.8 Å². The summed E-state index contributed by atoms with van der Waals surface area (Å²) in [5.74, 6) is -0.564. The Morgan fingerprint density at radius 3 is 2.68 bits per heavy atom. The molecular formula is C14H19NO5S2. The third-order valence-corrected chi connectivity index (χ3v) is 5.47. The molecule has 8 heteroatoms. The molecule has 1 amide bonds. The van der Waals surface area contributed by atoms with Gasteiger partial charge in [-0.25, -0.2) is 8.42 Å². The van der Waals surface area contributed by atoms with Gasteiger partial charge in [0, 0.05) is 12.3 Å². The van der Waals surface area contributed by atoms with Crippen LogP contribution in [-0.4, -0.2) is 49.2 Å². The number of carbonyl (C=O) groups excluding carboxylic acids is 1. The van der Waals surface area contributed by atoms with Crippen LogP contribution in [0.5, 0.6) is 0 Å². The van der Waals surface area contributed by atoms with Crippen molar-refractivity contribution in [2.75, 3.05) is 23.8 Å². The Morgan fingerprint density at radius 1 is 1.32 bits per heavy atom. The van der Waals surface area contributed by atoms with E-state index in [2.05, 4.69) is 5.32 Å². The smallest absolute Gasteiger partial charge is 0.313 e. The first kappa shape index (κ1) is 18.5. The number of carboxylic acid groups (broad SMARTS) is 1. The minimum atomic E-state index is -3.28. The van der Waals surface area contributed by atoms with E-state index in [0.29, 0.717) is 17.9 Å². The maximum absolute atomic E-state index is 11.8. The van der Waals surface area contributed by atoms with Gasteiger partial charge in [0.15, 0.2) is 9.84 Å². The minimum absolute atomic E-state index is 0.00674. The second-order valence-electron chi connectivity index (χ2n) is 4.52. The molecule has 0 saturated carbocycles. The fourth-order valence-electron chi connectivity index (χ4n) is 1.69. The Balaban J connectivity index is 2.48. The maximum atomic E-state index is 11.8. The van der Waals surface area contributed by atoms with Gasteiger partial charge in [0.2, 0.25) is 5.91 Å². The number of benzene rings is 1. The van der Waals surface area contributed by atoms with E-state index in [0.717, 1.165) is 0 Å². The molecule has 1 aromatic carbocycles. The molecule has 6 nitrogen and oxygen atoms in total. The molecule has 22 heavy (non-hydrogen) atoms. The zero-order valence-electron chi connectivity index (χ0n) is 12.2. The summed E-state index contributed by atoms with van der Waals surface area (Å²) < 4.78 is 23.6. The van der Waals surface area contributed by atoms with Gasteiger partial charge in [-0.2, -0.15) is 0 Å². The topological polar surface area (TPSA) is 101 Å². The molecule has 2 N–H and O–H groups in total. The molecule has 122 valence electrons. The van der Waals surface area contributed by atoms with Gasteiger partial charge in [-0.3, -0.25) is 9.59 Å². The van der Waals surface area contributed by atoms with Crippen molar-refractivity contribution in [3.05, 3.63) is 29.8 Å². The summed E-state index contributed by atoms with van der Waals surface area (Å²) in [5, 5.41) is 11.1. The second kappa shape index (κ2) is 8.79. The molecule has 0 atom stereocenters. The summed E-state index contributed by atoms with van der Waals surface area (Å²) >= 11 is 1.22. The highest BCUT2D eigenvalue weighted by molar-refractivity contribution is 7.99. The number of hydrogen-bond donors (Lipinski definition) is 2. The molecule has 0 radical (unpaired) electrons. The number of amides is 1. The zero-order valence-corrected chi connectivity index (χ0v) is 13.9. The van der Waals surface area contributed by atoms with Gasteiger partial charge in [0.25, 0.3) is 0 Å². The lowest BCUT2D eigenvalue weighted by atomic mass is 10.1. The number of thioether (sulfide) groups is 1.